The summed E-state index contributed by atoms with van der Waals surface area (Å²) in [6.07, 6.45) is 2.74. The van der Waals surface area contributed by atoms with Crippen LogP contribution >= 0.6 is 0 Å². The summed E-state index contributed by atoms with van der Waals surface area (Å²) in [7, 11) is 0. The molecule has 1 atom stereocenters. The Morgan fingerprint density at radius 1 is 1.47 bits per heavy atom. The number of hydrogen-bond acceptors (Lipinski definition) is 4. The van der Waals surface area contributed by atoms with Crippen molar-refractivity contribution in [3.05, 3.63) is 29.6 Å². The third-order valence-electron chi connectivity index (χ3n) is 2.76. The van der Waals surface area contributed by atoms with Gasteiger partial charge < -0.3 is 5.32 Å². The highest BCUT2D eigenvalue weighted by atomic mass is 16.2. The zero-order chi connectivity index (χ0) is 12.3. The van der Waals surface area contributed by atoms with Crippen LogP contribution < -0.4 is 10.6 Å². The Hall–Kier alpha value is -1.75. The van der Waals surface area contributed by atoms with Gasteiger partial charge in [-0.25, -0.2) is 0 Å². The minimum atomic E-state index is -0.283. The van der Waals surface area contributed by atoms with Crippen LogP contribution in [0, 0.1) is 6.92 Å². The highest BCUT2D eigenvalue weighted by Gasteiger charge is 2.25. The van der Waals surface area contributed by atoms with Crippen LogP contribution in [0.4, 0.5) is 0 Å². The van der Waals surface area contributed by atoms with E-state index in [1.165, 1.54) is 0 Å². The number of carbonyl (C=O) groups excluding carboxylic acids is 2. The van der Waals surface area contributed by atoms with E-state index in [4.69, 9.17) is 0 Å². The number of aromatic nitrogens is 1. The minimum absolute atomic E-state index is 0.190. The van der Waals surface area contributed by atoms with Crippen LogP contribution in [-0.4, -0.2) is 22.8 Å². The number of aryl methyl sites for hydroxylation is 1. The molecule has 5 heteroatoms. The predicted octanol–water partition coefficient (Wildman–Crippen LogP) is 0.285. The SMILES string of the molecule is Cc1ccc(CNC2CCC(=O)NC2=O)cn1. The number of piperidine rings is 1. The van der Waals surface area contributed by atoms with Crippen molar-refractivity contribution in [2.75, 3.05) is 0 Å². The molecular formula is C12H15N3O2. The fourth-order valence-corrected chi connectivity index (χ4v) is 1.73. The topological polar surface area (TPSA) is 71.1 Å². The van der Waals surface area contributed by atoms with E-state index >= 15 is 0 Å². The lowest BCUT2D eigenvalue weighted by atomic mass is 10.1. The number of imide groups is 1. The second-order valence-electron chi connectivity index (χ2n) is 4.19. The Bertz CT molecular complexity index is 428. The van der Waals surface area contributed by atoms with Crippen molar-refractivity contribution in [1.29, 1.82) is 0 Å². The molecule has 0 aliphatic carbocycles. The number of amides is 2. The van der Waals surface area contributed by atoms with Gasteiger partial charge in [0.15, 0.2) is 0 Å². The number of nitrogens with zero attached hydrogens (tertiary/aromatic N) is 1. The lowest BCUT2D eigenvalue weighted by Gasteiger charge is -2.21. The molecule has 0 saturated carbocycles. The number of hydrogen-bond donors (Lipinski definition) is 2. The first-order valence-corrected chi connectivity index (χ1v) is 5.64. The molecule has 1 saturated heterocycles. The summed E-state index contributed by atoms with van der Waals surface area (Å²) in [5.74, 6) is -0.425. The molecule has 1 aromatic rings. The molecule has 0 bridgehead atoms. The Morgan fingerprint density at radius 2 is 2.29 bits per heavy atom. The van der Waals surface area contributed by atoms with Gasteiger partial charge in [-0.05, 0) is 25.0 Å². The first-order valence-electron chi connectivity index (χ1n) is 5.64. The van der Waals surface area contributed by atoms with Crippen molar-refractivity contribution in [2.45, 2.75) is 32.4 Å². The highest BCUT2D eigenvalue weighted by Crippen LogP contribution is 2.06. The summed E-state index contributed by atoms with van der Waals surface area (Å²) in [5, 5.41) is 5.44. The van der Waals surface area contributed by atoms with Gasteiger partial charge in [-0.15, -0.1) is 0 Å². The van der Waals surface area contributed by atoms with Crippen LogP contribution in [0.2, 0.25) is 0 Å². The maximum Gasteiger partial charge on any atom is 0.243 e. The van der Waals surface area contributed by atoms with Crippen molar-refractivity contribution >= 4 is 11.8 Å². The lowest BCUT2D eigenvalue weighted by molar-refractivity contribution is -0.134. The van der Waals surface area contributed by atoms with Gasteiger partial charge in [0, 0.05) is 24.9 Å². The fraction of sp³-hybridized carbons (Fsp3) is 0.417. The molecule has 2 rings (SSSR count). The van der Waals surface area contributed by atoms with Crippen molar-refractivity contribution in [2.24, 2.45) is 0 Å². The zero-order valence-electron chi connectivity index (χ0n) is 9.69. The van der Waals surface area contributed by atoms with Gasteiger partial charge in [0.25, 0.3) is 0 Å². The van der Waals surface area contributed by atoms with Gasteiger partial charge in [-0.2, -0.15) is 0 Å². The molecule has 1 fully saturated rings. The Morgan fingerprint density at radius 3 is 2.94 bits per heavy atom. The number of nitrogens with one attached hydrogen (secondary N) is 2. The van der Waals surface area contributed by atoms with Crippen LogP contribution in [-0.2, 0) is 16.1 Å². The standard InChI is InChI=1S/C12H15N3O2/c1-8-2-3-9(6-13-8)7-14-10-4-5-11(16)15-12(10)17/h2-3,6,10,14H,4-5,7H2,1H3,(H,15,16,17). The zero-order valence-corrected chi connectivity index (χ0v) is 9.69. The van der Waals surface area contributed by atoms with Crippen LogP contribution in [0.1, 0.15) is 24.1 Å². The molecule has 1 unspecified atom stereocenters. The molecule has 17 heavy (non-hydrogen) atoms. The third-order valence-corrected chi connectivity index (χ3v) is 2.76. The van der Waals surface area contributed by atoms with Crippen molar-refractivity contribution in [3.63, 3.8) is 0 Å². The van der Waals surface area contributed by atoms with Gasteiger partial charge in [0.2, 0.25) is 11.8 Å². The Balaban J connectivity index is 1.88. The number of rotatable bonds is 3. The predicted molar refractivity (Wildman–Crippen MR) is 62.0 cm³/mol. The maximum atomic E-state index is 11.5. The molecule has 90 valence electrons. The lowest BCUT2D eigenvalue weighted by Crippen LogP contribution is -2.50. The van der Waals surface area contributed by atoms with Crippen molar-refractivity contribution in [3.8, 4) is 0 Å². The van der Waals surface area contributed by atoms with Crippen LogP contribution in [0.25, 0.3) is 0 Å². The van der Waals surface area contributed by atoms with Gasteiger partial charge in [-0.3, -0.25) is 19.9 Å². The molecule has 0 radical (unpaired) electrons. The van der Waals surface area contributed by atoms with Gasteiger partial charge in [0.1, 0.15) is 0 Å². The highest BCUT2D eigenvalue weighted by molar-refractivity contribution is 6.00. The van der Waals surface area contributed by atoms with Gasteiger partial charge in [-0.1, -0.05) is 6.07 Å². The maximum absolute atomic E-state index is 11.5. The molecule has 0 aromatic carbocycles. The average molecular weight is 233 g/mol. The largest absolute Gasteiger partial charge is 0.302 e. The van der Waals surface area contributed by atoms with E-state index in [1.54, 1.807) is 6.20 Å². The fourth-order valence-electron chi connectivity index (χ4n) is 1.73. The van der Waals surface area contributed by atoms with E-state index in [0.717, 1.165) is 11.3 Å². The average Bonchev–Trinajstić information content (AvgIpc) is 2.30. The van der Waals surface area contributed by atoms with Crippen molar-refractivity contribution < 1.29 is 9.59 Å². The smallest absolute Gasteiger partial charge is 0.243 e. The van der Waals surface area contributed by atoms with E-state index < -0.39 is 0 Å². The first-order chi connectivity index (χ1) is 8.15. The van der Waals surface area contributed by atoms with Gasteiger partial charge >= 0.3 is 0 Å². The first kappa shape index (κ1) is 11.7. The normalized spacial score (nSPS) is 20.2. The van der Waals surface area contributed by atoms with Gasteiger partial charge in [0.05, 0.1) is 6.04 Å². The Kier molecular flexibility index (Phi) is 3.49. The summed E-state index contributed by atoms with van der Waals surface area (Å²) in [6.45, 7) is 2.51. The molecule has 2 N–H and O–H groups in total. The second-order valence-corrected chi connectivity index (χ2v) is 4.19. The summed E-state index contributed by atoms with van der Waals surface area (Å²) in [5.41, 5.74) is 2.00. The molecule has 5 nitrogen and oxygen atoms in total. The van der Waals surface area contributed by atoms with Crippen molar-refractivity contribution in [1.82, 2.24) is 15.6 Å². The summed E-state index contributed by atoms with van der Waals surface area (Å²) in [6, 6.07) is 3.62. The van der Waals surface area contributed by atoms with Crippen LogP contribution in [0.3, 0.4) is 0 Å². The molecule has 1 aliphatic heterocycles. The number of carbonyl (C=O) groups is 2. The third kappa shape index (κ3) is 3.10. The summed E-state index contributed by atoms with van der Waals surface area (Å²) in [4.78, 5) is 26.6. The number of pyridine rings is 1. The van der Waals surface area contributed by atoms with E-state index in [9.17, 15) is 9.59 Å². The van der Waals surface area contributed by atoms with E-state index in [1.807, 2.05) is 19.1 Å². The summed E-state index contributed by atoms with van der Waals surface area (Å²) < 4.78 is 0. The van der Waals surface area contributed by atoms with E-state index in [2.05, 4.69) is 15.6 Å². The summed E-state index contributed by atoms with van der Waals surface area (Å²) >= 11 is 0. The van der Waals surface area contributed by atoms with Crippen LogP contribution in [0.5, 0.6) is 0 Å². The Labute approximate surface area is 99.6 Å². The van der Waals surface area contributed by atoms with Crippen LogP contribution in [0.15, 0.2) is 18.3 Å². The molecule has 0 spiro atoms. The quantitative estimate of drug-likeness (QED) is 0.736. The second kappa shape index (κ2) is 5.05. The monoisotopic (exact) mass is 233 g/mol. The molecule has 1 aliphatic rings. The molecular weight excluding hydrogens is 218 g/mol. The molecule has 2 heterocycles. The minimum Gasteiger partial charge on any atom is -0.302 e. The molecule has 1 aromatic heterocycles. The molecule has 2 amide bonds. The van der Waals surface area contributed by atoms with E-state index in [0.29, 0.717) is 19.4 Å². The van der Waals surface area contributed by atoms with E-state index in [-0.39, 0.29) is 17.9 Å².